The topological polar surface area (TPSA) is 46.9 Å². The van der Waals surface area contributed by atoms with Crippen LogP contribution in [0.2, 0.25) is 0 Å². The largest absolute Gasteiger partial charge is 0.348 e. The molecule has 1 heterocycles. The third-order valence-corrected chi connectivity index (χ3v) is 2.94. The van der Waals surface area contributed by atoms with Crippen LogP contribution in [0.1, 0.15) is 23.3 Å². The molecule has 88 valence electrons. The number of fused-ring (bicyclic) bond motifs is 1. The molecule has 0 atom stereocenters. The Morgan fingerprint density at radius 1 is 1.53 bits per heavy atom. The number of rotatable bonds is 2. The smallest absolute Gasteiger partial charge is 0.272 e. The van der Waals surface area contributed by atoms with Crippen LogP contribution in [0.4, 0.5) is 4.39 Å². The fraction of sp³-hybridized carbons (Fsp3) is 0.333. The Hall–Kier alpha value is -1.91. The molecule has 1 N–H and O–H groups in total. The summed E-state index contributed by atoms with van der Waals surface area (Å²) in [6.45, 7) is 0. The highest BCUT2D eigenvalue weighted by Gasteiger charge is 2.26. The van der Waals surface area contributed by atoms with Crippen molar-refractivity contribution in [3.05, 3.63) is 29.7 Å². The highest BCUT2D eigenvalue weighted by atomic mass is 19.1. The quantitative estimate of drug-likeness (QED) is 0.856. The van der Waals surface area contributed by atoms with Crippen molar-refractivity contribution in [1.29, 1.82) is 0 Å². The highest BCUT2D eigenvalue weighted by molar-refractivity contribution is 6.05. The number of benzene rings is 1. The van der Waals surface area contributed by atoms with E-state index in [0.717, 1.165) is 18.4 Å². The zero-order chi connectivity index (χ0) is 12.0. The van der Waals surface area contributed by atoms with Gasteiger partial charge >= 0.3 is 0 Å². The second-order valence-electron chi connectivity index (χ2n) is 4.38. The van der Waals surface area contributed by atoms with Crippen LogP contribution in [0.25, 0.3) is 10.9 Å². The van der Waals surface area contributed by atoms with Crippen molar-refractivity contribution in [3.63, 3.8) is 0 Å². The molecule has 1 fully saturated rings. The molecule has 3 rings (SSSR count). The molecule has 0 spiro atoms. The summed E-state index contributed by atoms with van der Waals surface area (Å²) in [4.78, 5) is 11.9. The lowest BCUT2D eigenvalue weighted by atomic mass is 10.2. The molecular weight excluding hydrogens is 221 g/mol. The number of aryl methyl sites for hydroxylation is 1. The van der Waals surface area contributed by atoms with E-state index in [2.05, 4.69) is 10.4 Å². The van der Waals surface area contributed by atoms with E-state index in [-0.39, 0.29) is 17.8 Å². The average Bonchev–Trinajstić information content (AvgIpc) is 3.03. The maximum atomic E-state index is 13.2. The average molecular weight is 233 g/mol. The predicted octanol–water partition coefficient (Wildman–Crippen LogP) is 1.60. The molecule has 17 heavy (non-hydrogen) atoms. The van der Waals surface area contributed by atoms with Crippen LogP contribution in [0.15, 0.2) is 18.2 Å². The number of halogens is 1. The maximum Gasteiger partial charge on any atom is 0.272 e. The molecule has 5 heteroatoms. The second kappa shape index (κ2) is 3.55. The molecule has 1 aromatic heterocycles. The van der Waals surface area contributed by atoms with Gasteiger partial charge in [0, 0.05) is 18.5 Å². The molecule has 0 unspecified atom stereocenters. The monoisotopic (exact) mass is 233 g/mol. The first-order valence-corrected chi connectivity index (χ1v) is 5.58. The molecule has 4 nitrogen and oxygen atoms in total. The summed E-state index contributed by atoms with van der Waals surface area (Å²) in [5, 5.41) is 7.57. The van der Waals surface area contributed by atoms with Gasteiger partial charge in [-0.3, -0.25) is 9.48 Å². The molecule has 0 bridgehead atoms. The van der Waals surface area contributed by atoms with E-state index in [0.29, 0.717) is 11.1 Å². The Bertz CT molecular complexity index is 601. The van der Waals surface area contributed by atoms with E-state index in [1.165, 1.54) is 12.1 Å². The molecule has 1 aliphatic rings. The zero-order valence-electron chi connectivity index (χ0n) is 9.40. The van der Waals surface area contributed by atoms with Gasteiger partial charge in [0.25, 0.3) is 5.91 Å². The van der Waals surface area contributed by atoms with E-state index in [4.69, 9.17) is 0 Å². The molecule has 1 aliphatic carbocycles. The predicted molar refractivity (Wildman–Crippen MR) is 61.2 cm³/mol. The van der Waals surface area contributed by atoms with Crippen LogP contribution >= 0.6 is 0 Å². The van der Waals surface area contributed by atoms with Crippen molar-refractivity contribution in [2.75, 3.05) is 0 Å². The van der Waals surface area contributed by atoms with Crippen molar-refractivity contribution in [3.8, 4) is 0 Å². The van der Waals surface area contributed by atoms with E-state index in [1.807, 2.05) is 0 Å². The Labute approximate surface area is 97.4 Å². The summed E-state index contributed by atoms with van der Waals surface area (Å²) in [5.41, 5.74) is 1.06. The van der Waals surface area contributed by atoms with Crippen LogP contribution in [0, 0.1) is 5.82 Å². The van der Waals surface area contributed by atoms with Crippen LogP contribution in [-0.2, 0) is 7.05 Å². The Kier molecular flexibility index (Phi) is 2.14. The summed E-state index contributed by atoms with van der Waals surface area (Å²) in [5.74, 6) is -0.574. The number of hydrogen-bond donors (Lipinski definition) is 1. The minimum atomic E-state index is -0.356. The summed E-state index contributed by atoms with van der Waals surface area (Å²) in [6, 6.07) is 4.62. The van der Waals surface area contributed by atoms with Gasteiger partial charge in [-0.2, -0.15) is 5.10 Å². The Morgan fingerprint density at radius 3 is 3.00 bits per heavy atom. The van der Waals surface area contributed by atoms with Crippen molar-refractivity contribution >= 4 is 16.8 Å². The summed E-state index contributed by atoms with van der Waals surface area (Å²) < 4.78 is 14.8. The zero-order valence-corrected chi connectivity index (χ0v) is 9.40. The first-order chi connectivity index (χ1) is 8.15. The van der Waals surface area contributed by atoms with Crippen molar-refractivity contribution in [1.82, 2.24) is 15.1 Å². The molecule has 1 saturated carbocycles. The fourth-order valence-corrected chi connectivity index (χ4v) is 1.89. The summed E-state index contributed by atoms with van der Waals surface area (Å²) in [7, 11) is 1.74. The van der Waals surface area contributed by atoms with Crippen LogP contribution in [-0.4, -0.2) is 21.7 Å². The lowest BCUT2D eigenvalue weighted by Gasteiger charge is -1.99. The van der Waals surface area contributed by atoms with Crippen LogP contribution < -0.4 is 5.32 Å². The summed E-state index contributed by atoms with van der Waals surface area (Å²) in [6.07, 6.45) is 2.04. The molecule has 0 radical (unpaired) electrons. The van der Waals surface area contributed by atoms with E-state index < -0.39 is 0 Å². The molecule has 0 saturated heterocycles. The summed E-state index contributed by atoms with van der Waals surface area (Å²) >= 11 is 0. The van der Waals surface area contributed by atoms with Gasteiger partial charge in [0.05, 0.1) is 5.52 Å². The Balaban J connectivity index is 2.08. The first-order valence-electron chi connectivity index (χ1n) is 5.58. The number of aromatic nitrogens is 2. The third-order valence-electron chi connectivity index (χ3n) is 2.94. The Morgan fingerprint density at radius 2 is 2.29 bits per heavy atom. The number of nitrogens with zero attached hydrogens (tertiary/aromatic N) is 2. The number of carbonyl (C=O) groups is 1. The van der Waals surface area contributed by atoms with E-state index in [9.17, 15) is 9.18 Å². The molecular formula is C12H12FN3O. The van der Waals surface area contributed by atoms with E-state index >= 15 is 0 Å². The SMILES string of the molecule is Cn1nc(C(=O)NC2CC2)c2cc(F)ccc21. The number of nitrogens with one attached hydrogen (secondary N) is 1. The molecule has 2 aromatic rings. The molecule has 0 aliphatic heterocycles. The van der Waals surface area contributed by atoms with Gasteiger partial charge in [-0.25, -0.2) is 4.39 Å². The lowest BCUT2D eigenvalue weighted by Crippen LogP contribution is -2.26. The van der Waals surface area contributed by atoms with Crippen LogP contribution in [0.5, 0.6) is 0 Å². The normalized spacial score (nSPS) is 15.2. The van der Waals surface area contributed by atoms with Gasteiger partial charge in [-0.15, -0.1) is 0 Å². The van der Waals surface area contributed by atoms with Gasteiger partial charge in [0.1, 0.15) is 5.82 Å². The van der Waals surface area contributed by atoms with Gasteiger partial charge < -0.3 is 5.32 Å². The molecule has 1 aromatic carbocycles. The minimum absolute atomic E-state index is 0.219. The number of amides is 1. The standard InChI is InChI=1S/C12H12FN3O/c1-16-10-5-2-7(13)6-9(10)11(15-16)12(17)14-8-3-4-8/h2,5-6,8H,3-4H2,1H3,(H,14,17). The van der Waals surface area contributed by atoms with E-state index in [1.54, 1.807) is 17.8 Å². The minimum Gasteiger partial charge on any atom is -0.348 e. The van der Waals surface area contributed by atoms with Gasteiger partial charge in [0.2, 0.25) is 0 Å². The van der Waals surface area contributed by atoms with Gasteiger partial charge in [-0.1, -0.05) is 0 Å². The van der Waals surface area contributed by atoms with Crippen LogP contribution in [0.3, 0.4) is 0 Å². The van der Waals surface area contributed by atoms with Crippen molar-refractivity contribution < 1.29 is 9.18 Å². The van der Waals surface area contributed by atoms with Crippen molar-refractivity contribution in [2.24, 2.45) is 7.05 Å². The first kappa shape index (κ1) is 10.3. The number of carbonyl (C=O) groups excluding carboxylic acids is 1. The maximum absolute atomic E-state index is 13.2. The van der Waals surface area contributed by atoms with Gasteiger partial charge in [-0.05, 0) is 31.0 Å². The third kappa shape index (κ3) is 1.77. The lowest BCUT2D eigenvalue weighted by molar-refractivity contribution is 0.0947. The molecule has 1 amide bonds. The second-order valence-corrected chi connectivity index (χ2v) is 4.38. The fourth-order valence-electron chi connectivity index (χ4n) is 1.89. The van der Waals surface area contributed by atoms with Gasteiger partial charge in [0.15, 0.2) is 5.69 Å². The number of hydrogen-bond acceptors (Lipinski definition) is 2. The van der Waals surface area contributed by atoms with Crippen molar-refractivity contribution in [2.45, 2.75) is 18.9 Å². The highest BCUT2D eigenvalue weighted by Crippen LogP contribution is 2.22.